The Morgan fingerprint density at radius 3 is 2.60 bits per heavy atom. The first-order chi connectivity index (χ1) is 12.1. The Bertz CT molecular complexity index is 676. The van der Waals surface area contributed by atoms with E-state index in [1.165, 1.54) is 6.08 Å². The number of aromatic amines is 1. The van der Waals surface area contributed by atoms with Crippen molar-refractivity contribution in [2.45, 2.75) is 32.6 Å². The molecule has 0 bridgehead atoms. The number of aromatic nitrogens is 2. The molecule has 2 aromatic rings. The molecule has 0 aliphatic rings. The summed E-state index contributed by atoms with van der Waals surface area (Å²) in [5.74, 6) is 0.229. The maximum absolute atomic E-state index is 11.2. The Hall–Kier alpha value is -2.76. The molecule has 0 fully saturated rings. The number of carbonyl (C=O) groups excluding carboxylic acids is 1. The average molecular weight is 343 g/mol. The van der Waals surface area contributed by atoms with Crippen LogP contribution in [0.25, 0.3) is 11.3 Å². The summed E-state index contributed by atoms with van der Waals surface area (Å²) in [6.07, 6.45) is 5.06. The van der Waals surface area contributed by atoms with Gasteiger partial charge in [-0.05, 0) is 38.2 Å². The summed E-state index contributed by atoms with van der Waals surface area (Å²) < 4.78 is 10.7. The highest BCUT2D eigenvalue weighted by atomic mass is 16.5. The van der Waals surface area contributed by atoms with Gasteiger partial charge in [0.05, 0.1) is 18.9 Å². The van der Waals surface area contributed by atoms with Crippen molar-refractivity contribution in [3.05, 3.63) is 48.2 Å². The Labute approximate surface area is 148 Å². The van der Waals surface area contributed by atoms with Gasteiger partial charge in [-0.3, -0.25) is 5.10 Å². The number of esters is 1. The Morgan fingerprint density at radius 2 is 1.88 bits per heavy atom. The molecule has 0 unspecified atom stereocenters. The van der Waals surface area contributed by atoms with E-state index in [0.29, 0.717) is 24.8 Å². The fraction of sp³-hybridized carbons (Fsp3) is 0.368. The zero-order chi connectivity index (χ0) is 17.9. The van der Waals surface area contributed by atoms with Gasteiger partial charge in [0.1, 0.15) is 0 Å². The van der Waals surface area contributed by atoms with Crippen molar-refractivity contribution in [2.24, 2.45) is 5.73 Å². The van der Waals surface area contributed by atoms with Gasteiger partial charge < -0.3 is 15.2 Å². The van der Waals surface area contributed by atoms with Crippen LogP contribution in [-0.4, -0.2) is 29.4 Å². The number of benzene rings is 1. The molecule has 1 aromatic carbocycles. The standard InChI is InChI=1S/C19H25N3O3/c1-15(20)13-19(23)25-12-8-3-2-7-11-24-18-14-17(21-22-18)16-9-5-4-6-10-16/h4-6,9-10,13-14H,2-3,7-8,11-12,20H2,1H3,(H,21,22). The van der Waals surface area contributed by atoms with Crippen molar-refractivity contribution >= 4 is 5.97 Å². The zero-order valence-corrected chi connectivity index (χ0v) is 14.5. The molecular weight excluding hydrogens is 318 g/mol. The zero-order valence-electron chi connectivity index (χ0n) is 14.5. The lowest BCUT2D eigenvalue weighted by Crippen LogP contribution is -2.05. The van der Waals surface area contributed by atoms with E-state index >= 15 is 0 Å². The van der Waals surface area contributed by atoms with Crippen molar-refractivity contribution in [3.63, 3.8) is 0 Å². The van der Waals surface area contributed by atoms with Crippen LogP contribution < -0.4 is 10.5 Å². The van der Waals surface area contributed by atoms with Gasteiger partial charge in [-0.15, -0.1) is 5.10 Å². The first-order valence-electron chi connectivity index (χ1n) is 8.49. The van der Waals surface area contributed by atoms with E-state index in [0.717, 1.165) is 36.9 Å². The summed E-state index contributed by atoms with van der Waals surface area (Å²) in [6, 6.07) is 11.9. The first-order valence-corrected chi connectivity index (χ1v) is 8.49. The molecule has 0 saturated carbocycles. The molecule has 0 amide bonds. The summed E-state index contributed by atoms with van der Waals surface area (Å²) in [5.41, 5.74) is 7.88. The van der Waals surface area contributed by atoms with Crippen LogP contribution in [0.2, 0.25) is 0 Å². The molecule has 1 aromatic heterocycles. The summed E-state index contributed by atoms with van der Waals surface area (Å²) in [6.45, 7) is 2.70. The van der Waals surface area contributed by atoms with Crippen LogP contribution in [0.3, 0.4) is 0 Å². The number of hydrogen-bond donors (Lipinski definition) is 2. The number of nitrogens with one attached hydrogen (secondary N) is 1. The van der Waals surface area contributed by atoms with Crippen molar-refractivity contribution in [3.8, 4) is 17.1 Å². The maximum Gasteiger partial charge on any atom is 0.332 e. The molecule has 0 spiro atoms. The molecule has 0 aliphatic carbocycles. The highest BCUT2D eigenvalue weighted by Gasteiger charge is 2.04. The van der Waals surface area contributed by atoms with E-state index in [1.54, 1.807) is 6.92 Å². The lowest BCUT2D eigenvalue weighted by atomic mass is 10.2. The highest BCUT2D eigenvalue weighted by molar-refractivity contribution is 5.82. The minimum Gasteiger partial charge on any atom is -0.477 e. The monoisotopic (exact) mass is 343 g/mol. The number of rotatable bonds is 10. The van der Waals surface area contributed by atoms with Crippen molar-refractivity contribution in [1.82, 2.24) is 10.2 Å². The minimum absolute atomic E-state index is 0.379. The third-order valence-electron chi connectivity index (χ3n) is 3.52. The second kappa shape index (κ2) is 10.2. The Kier molecular flexibility index (Phi) is 7.56. The lowest BCUT2D eigenvalue weighted by molar-refractivity contribution is -0.137. The summed E-state index contributed by atoms with van der Waals surface area (Å²) >= 11 is 0. The van der Waals surface area contributed by atoms with Gasteiger partial charge >= 0.3 is 5.97 Å². The van der Waals surface area contributed by atoms with Gasteiger partial charge in [-0.1, -0.05) is 30.3 Å². The fourth-order valence-corrected chi connectivity index (χ4v) is 2.28. The third kappa shape index (κ3) is 7.12. The molecular formula is C19H25N3O3. The normalized spacial score (nSPS) is 11.3. The molecule has 2 rings (SSSR count). The summed E-state index contributed by atoms with van der Waals surface area (Å²) in [7, 11) is 0. The topological polar surface area (TPSA) is 90.2 Å². The van der Waals surface area contributed by atoms with Crippen LogP contribution in [0, 0.1) is 0 Å². The number of H-pyrrole nitrogens is 1. The molecule has 134 valence electrons. The number of nitrogens with zero attached hydrogens (tertiary/aromatic N) is 1. The van der Waals surface area contributed by atoms with Gasteiger partial charge in [-0.25, -0.2) is 4.79 Å². The second-order valence-electron chi connectivity index (χ2n) is 5.80. The van der Waals surface area contributed by atoms with Crippen LogP contribution in [-0.2, 0) is 9.53 Å². The Morgan fingerprint density at radius 1 is 1.16 bits per heavy atom. The quantitative estimate of drug-likeness (QED) is 0.392. The molecule has 0 saturated heterocycles. The van der Waals surface area contributed by atoms with Crippen LogP contribution in [0.15, 0.2) is 48.2 Å². The number of hydrogen-bond acceptors (Lipinski definition) is 5. The maximum atomic E-state index is 11.2. The average Bonchev–Trinajstić information content (AvgIpc) is 3.06. The smallest absolute Gasteiger partial charge is 0.332 e. The number of allylic oxidation sites excluding steroid dienone is 1. The van der Waals surface area contributed by atoms with Gasteiger partial charge in [0.25, 0.3) is 0 Å². The number of nitrogens with two attached hydrogens (primary N) is 1. The van der Waals surface area contributed by atoms with Gasteiger partial charge in [0.2, 0.25) is 5.88 Å². The predicted octanol–water partition coefficient (Wildman–Crippen LogP) is 3.42. The van der Waals surface area contributed by atoms with Crippen molar-refractivity contribution in [2.75, 3.05) is 13.2 Å². The number of unbranched alkanes of at least 4 members (excludes halogenated alkanes) is 3. The Balaban J connectivity index is 1.54. The predicted molar refractivity (Wildman–Crippen MR) is 96.9 cm³/mol. The molecule has 6 nitrogen and oxygen atoms in total. The van der Waals surface area contributed by atoms with Gasteiger partial charge in [-0.2, -0.15) is 0 Å². The molecule has 3 N–H and O–H groups in total. The largest absolute Gasteiger partial charge is 0.477 e. The lowest BCUT2D eigenvalue weighted by Gasteiger charge is -2.04. The molecule has 25 heavy (non-hydrogen) atoms. The number of carbonyl (C=O) groups is 1. The molecule has 0 radical (unpaired) electrons. The van der Waals surface area contributed by atoms with Gasteiger partial charge in [0, 0.05) is 17.8 Å². The minimum atomic E-state index is -0.379. The van der Waals surface area contributed by atoms with Crippen LogP contribution in [0.5, 0.6) is 5.88 Å². The molecule has 0 atom stereocenters. The van der Waals surface area contributed by atoms with Crippen LogP contribution >= 0.6 is 0 Å². The van der Waals surface area contributed by atoms with E-state index < -0.39 is 0 Å². The fourth-order valence-electron chi connectivity index (χ4n) is 2.28. The molecule has 0 aliphatic heterocycles. The number of ether oxygens (including phenoxy) is 2. The van der Waals surface area contributed by atoms with E-state index in [-0.39, 0.29) is 5.97 Å². The molecule has 1 heterocycles. The van der Waals surface area contributed by atoms with Crippen molar-refractivity contribution < 1.29 is 14.3 Å². The molecule has 6 heteroatoms. The summed E-state index contributed by atoms with van der Waals surface area (Å²) in [5, 5.41) is 7.14. The summed E-state index contributed by atoms with van der Waals surface area (Å²) in [4.78, 5) is 11.2. The third-order valence-corrected chi connectivity index (χ3v) is 3.52. The van der Waals surface area contributed by atoms with Crippen molar-refractivity contribution in [1.29, 1.82) is 0 Å². The van der Waals surface area contributed by atoms with E-state index in [2.05, 4.69) is 10.2 Å². The first kappa shape index (κ1) is 18.6. The van der Waals surface area contributed by atoms with E-state index in [9.17, 15) is 4.79 Å². The second-order valence-corrected chi connectivity index (χ2v) is 5.80. The van der Waals surface area contributed by atoms with Gasteiger partial charge in [0.15, 0.2) is 0 Å². The SMILES string of the molecule is CC(N)=CC(=O)OCCCCCCOc1cc(-c2ccccc2)[nH]n1. The van der Waals surface area contributed by atoms with Crippen LogP contribution in [0.4, 0.5) is 0 Å². The van der Waals surface area contributed by atoms with E-state index in [4.69, 9.17) is 15.2 Å². The van der Waals surface area contributed by atoms with E-state index in [1.807, 2.05) is 36.4 Å². The van der Waals surface area contributed by atoms with Crippen LogP contribution in [0.1, 0.15) is 32.6 Å². The highest BCUT2D eigenvalue weighted by Crippen LogP contribution is 2.20.